The van der Waals surface area contributed by atoms with E-state index in [0.717, 1.165) is 16.7 Å². The average molecular weight is 315 g/mol. The standard InChI is InChI=1S/C17H17NO3S/c19-16(18-9-3-6-15(18)17(20)21)11-22-14-8-7-12-4-1-2-5-13(12)10-14/h1-2,4-5,7-8,10,15H,3,6,9,11H2,(H,20,21)/t15-/m0/s1. The van der Waals surface area contributed by atoms with Gasteiger partial charge in [-0.05, 0) is 35.7 Å². The summed E-state index contributed by atoms with van der Waals surface area (Å²) >= 11 is 1.46. The number of benzene rings is 2. The molecule has 1 aliphatic rings. The molecule has 2 aromatic rings. The lowest BCUT2D eigenvalue weighted by Crippen LogP contribution is -2.41. The van der Waals surface area contributed by atoms with Crippen LogP contribution in [0.15, 0.2) is 47.4 Å². The Hall–Kier alpha value is -2.01. The summed E-state index contributed by atoms with van der Waals surface area (Å²) in [5, 5.41) is 11.4. The van der Waals surface area contributed by atoms with Crippen LogP contribution in [0.4, 0.5) is 0 Å². The Kier molecular flexibility index (Phi) is 4.34. The van der Waals surface area contributed by atoms with Crippen LogP contribution in [0.2, 0.25) is 0 Å². The van der Waals surface area contributed by atoms with Gasteiger partial charge in [0.25, 0.3) is 0 Å². The highest BCUT2D eigenvalue weighted by atomic mass is 32.2. The predicted octanol–water partition coefficient (Wildman–Crippen LogP) is 3.01. The number of nitrogens with zero attached hydrogens (tertiary/aromatic N) is 1. The molecule has 3 rings (SSSR count). The maximum atomic E-state index is 12.2. The molecule has 0 aliphatic carbocycles. The van der Waals surface area contributed by atoms with E-state index in [2.05, 4.69) is 12.1 Å². The molecule has 1 aliphatic heterocycles. The number of carbonyl (C=O) groups excluding carboxylic acids is 1. The highest BCUT2D eigenvalue weighted by Crippen LogP contribution is 2.25. The van der Waals surface area contributed by atoms with Crippen molar-refractivity contribution in [3.05, 3.63) is 42.5 Å². The molecule has 1 atom stereocenters. The van der Waals surface area contributed by atoms with Gasteiger partial charge in [0, 0.05) is 11.4 Å². The molecule has 22 heavy (non-hydrogen) atoms. The van der Waals surface area contributed by atoms with Crippen LogP contribution in [-0.4, -0.2) is 40.2 Å². The highest BCUT2D eigenvalue weighted by Gasteiger charge is 2.33. The molecule has 2 aromatic carbocycles. The SMILES string of the molecule is O=C(O)[C@@H]1CCCN1C(=O)CSc1ccc2ccccc2c1. The number of amides is 1. The number of thioether (sulfide) groups is 1. The zero-order chi connectivity index (χ0) is 15.5. The summed E-state index contributed by atoms with van der Waals surface area (Å²) < 4.78 is 0. The lowest BCUT2D eigenvalue weighted by atomic mass is 10.1. The quantitative estimate of drug-likeness (QED) is 0.881. The minimum atomic E-state index is -0.901. The number of hydrogen-bond acceptors (Lipinski definition) is 3. The maximum absolute atomic E-state index is 12.2. The van der Waals surface area contributed by atoms with Gasteiger partial charge in [-0.1, -0.05) is 30.3 Å². The highest BCUT2D eigenvalue weighted by molar-refractivity contribution is 8.00. The second-order valence-corrected chi connectivity index (χ2v) is 6.43. The number of aliphatic carboxylic acids is 1. The number of carboxylic acids is 1. The average Bonchev–Trinajstić information content (AvgIpc) is 3.02. The minimum absolute atomic E-state index is 0.0944. The summed E-state index contributed by atoms with van der Waals surface area (Å²) in [6.45, 7) is 0.550. The van der Waals surface area contributed by atoms with Gasteiger partial charge in [-0.15, -0.1) is 11.8 Å². The van der Waals surface area contributed by atoms with E-state index < -0.39 is 12.0 Å². The first-order chi connectivity index (χ1) is 10.6. The largest absolute Gasteiger partial charge is 0.480 e. The zero-order valence-electron chi connectivity index (χ0n) is 12.1. The van der Waals surface area contributed by atoms with Crippen molar-refractivity contribution in [3.63, 3.8) is 0 Å². The molecule has 0 unspecified atom stereocenters. The van der Waals surface area contributed by atoms with Gasteiger partial charge < -0.3 is 10.0 Å². The van der Waals surface area contributed by atoms with Crippen LogP contribution in [0.3, 0.4) is 0 Å². The Morgan fingerprint density at radius 2 is 1.95 bits per heavy atom. The van der Waals surface area contributed by atoms with Crippen molar-refractivity contribution in [2.45, 2.75) is 23.8 Å². The van der Waals surface area contributed by atoms with Gasteiger partial charge in [-0.25, -0.2) is 4.79 Å². The van der Waals surface area contributed by atoms with E-state index in [1.165, 1.54) is 22.0 Å². The van der Waals surface area contributed by atoms with Crippen molar-refractivity contribution >= 4 is 34.4 Å². The Morgan fingerprint density at radius 3 is 2.73 bits per heavy atom. The van der Waals surface area contributed by atoms with Crippen molar-refractivity contribution < 1.29 is 14.7 Å². The Morgan fingerprint density at radius 1 is 1.18 bits per heavy atom. The Balaban J connectivity index is 1.66. The summed E-state index contributed by atoms with van der Waals surface area (Å²) in [4.78, 5) is 25.9. The van der Waals surface area contributed by atoms with E-state index in [-0.39, 0.29) is 11.7 Å². The van der Waals surface area contributed by atoms with Gasteiger partial charge in [-0.3, -0.25) is 4.79 Å². The number of fused-ring (bicyclic) bond motifs is 1. The van der Waals surface area contributed by atoms with Gasteiger partial charge in [0.1, 0.15) is 6.04 Å². The molecule has 4 nitrogen and oxygen atoms in total. The first-order valence-electron chi connectivity index (χ1n) is 7.29. The predicted molar refractivity (Wildman–Crippen MR) is 87.0 cm³/mol. The van der Waals surface area contributed by atoms with Crippen molar-refractivity contribution in [2.24, 2.45) is 0 Å². The third-order valence-electron chi connectivity index (χ3n) is 3.94. The van der Waals surface area contributed by atoms with Gasteiger partial charge in [-0.2, -0.15) is 0 Å². The van der Waals surface area contributed by atoms with E-state index in [0.29, 0.717) is 13.0 Å². The summed E-state index contributed by atoms with van der Waals surface area (Å²) in [7, 11) is 0. The van der Waals surface area contributed by atoms with Crippen LogP contribution in [0.5, 0.6) is 0 Å². The monoisotopic (exact) mass is 315 g/mol. The van der Waals surface area contributed by atoms with Gasteiger partial charge in [0.2, 0.25) is 5.91 Å². The van der Waals surface area contributed by atoms with E-state index in [9.17, 15) is 9.59 Å². The van der Waals surface area contributed by atoms with Crippen LogP contribution < -0.4 is 0 Å². The third-order valence-corrected chi connectivity index (χ3v) is 4.92. The molecule has 1 heterocycles. The number of carboxylic acid groups (broad SMARTS) is 1. The van der Waals surface area contributed by atoms with Crippen LogP contribution in [0.1, 0.15) is 12.8 Å². The first-order valence-corrected chi connectivity index (χ1v) is 8.27. The summed E-state index contributed by atoms with van der Waals surface area (Å²) in [6.07, 6.45) is 1.32. The van der Waals surface area contributed by atoms with Crippen molar-refractivity contribution in [3.8, 4) is 0 Å². The van der Waals surface area contributed by atoms with Gasteiger partial charge in [0.05, 0.1) is 5.75 Å². The van der Waals surface area contributed by atoms with Crippen molar-refractivity contribution in [1.29, 1.82) is 0 Å². The molecular weight excluding hydrogens is 298 g/mol. The van der Waals surface area contributed by atoms with Crippen LogP contribution in [0, 0.1) is 0 Å². The molecule has 0 saturated carbocycles. The molecule has 1 N–H and O–H groups in total. The number of carbonyl (C=O) groups is 2. The molecule has 0 bridgehead atoms. The van der Waals surface area contributed by atoms with Gasteiger partial charge >= 0.3 is 5.97 Å². The maximum Gasteiger partial charge on any atom is 0.326 e. The third kappa shape index (κ3) is 3.09. The van der Waals surface area contributed by atoms with E-state index in [1.807, 2.05) is 30.3 Å². The lowest BCUT2D eigenvalue weighted by Gasteiger charge is -2.21. The zero-order valence-corrected chi connectivity index (χ0v) is 12.9. The van der Waals surface area contributed by atoms with E-state index in [4.69, 9.17) is 5.11 Å². The molecule has 5 heteroatoms. The van der Waals surface area contributed by atoms with Crippen molar-refractivity contribution in [2.75, 3.05) is 12.3 Å². The Labute approximate surface area is 133 Å². The van der Waals surface area contributed by atoms with E-state index >= 15 is 0 Å². The number of hydrogen-bond donors (Lipinski definition) is 1. The number of rotatable bonds is 4. The Bertz CT molecular complexity index is 716. The number of likely N-dealkylation sites (tertiary alicyclic amines) is 1. The molecule has 0 aromatic heterocycles. The topological polar surface area (TPSA) is 57.6 Å². The summed E-state index contributed by atoms with van der Waals surface area (Å²) in [6, 6.07) is 13.5. The smallest absolute Gasteiger partial charge is 0.326 e. The fourth-order valence-corrected chi connectivity index (χ4v) is 3.64. The van der Waals surface area contributed by atoms with Crippen molar-refractivity contribution in [1.82, 2.24) is 4.90 Å². The van der Waals surface area contributed by atoms with Gasteiger partial charge in [0.15, 0.2) is 0 Å². The summed E-state index contributed by atoms with van der Waals surface area (Å²) in [5.41, 5.74) is 0. The molecule has 0 spiro atoms. The molecule has 114 valence electrons. The normalized spacial score (nSPS) is 17.8. The molecular formula is C17H17NO3S. The van der Waals surface area contributed by atoms with Crippen LogP contribution >= 0.6 is 11.8 Å². The molecule has 0 radical (unpaired) electrons. The molecule has 1 amide bonds. The molecule has 1 saturated heterocycles. The van der Waals surface area contributed by atoms with Crippen LogP contribution in [0.25, 0.3) is 10.8 Å². The molecule has 1 fully saturated rings. The second-order valence-electron chi connectivity index (χ2n) is 5.38. The first kappa shape index (κ1) is 14.9. The fraction of sp³-hybridized carbons (Fsp3) is 0.294. The second kappa shape index (κ2) is 6.40. The minimum Gasteiger partial charge on any atom is -0.480 e. The van der Waals surface area contributed by atoms with Crippen LogP contribution in [-0.2, 0) is 9.59 Å². The van der Waals surface area contributed by atoms with E-state index in [1.54, 1.807) is 0 Å². The fourth-order valence-electron chi connectivity index (χ4n) is 2.81. The summed E-state index contributed by atoms with van der Waals surface area (Å²) in [5.74, 6) is -0.716. The lowest BCUT2D eigenvalue weighted by molar-refractivity contribution is -0.147.